The number of rotatable bonds is 24. The molecule has 0 rings (SSSR count). The highest BCUT2D eigenvalue weighted by Crippen LogP contribution is 2.33. The van der Waals surface area contributed by atoms with Gasteiger partial charge in [0.25, 0.3) is 0 Å². The number of amides is 1. The van der Waals surface area contributed by atoms with Crippen molar-refractivity contribution >= 4 is 14.7 Å². The number of nitrogens with zero attached hydrogens (tertiary/aromatic N) is 1. The van der Waals surface area contributed by atoms with Crippen LogP contribution >= 0.6 is 8.60 Å². The lowest BCUT2D eigenvalue weighted by molar-refractivity contribution is 0.0513. The van der Waals surface area contributed by atoms with Crippen LogP contribution in [0.3, 0.4) is 0 Å². The minimum Gasteiger partial charge on any atom is -0.444 e. The predicted octanol–water partition coefficient (Wildman–Crippen LogP) is 6.79. The van der Waals surface area contributed by atoms with Gasteiger partial charge in [0, 0.05) is 13.1 Å². The Bertz CT molecular complexity index is 430. The minimum atomic E-state index is -1.95. The molecule has 0 aliphatic carbocycles. The van der Waals surface area contributed by atoms with Crippen LogP contribution < -0.4 is 5.32 Å². The summed E-state index contributed by atoms with van der Waals surface area (Å²) in [7, 11) is 1.93. The average molecular weight is 493 g/mol. The van der Waals surface area contributed by atoms with Gasteiger partial charge in [-0.2, -0.15) is 0 Å². The monoisotopic (exact) mass is 492 g/mol. The van der Waals surface area contributed by atoms with Crippen molar-refractivity contribution in [3.8, 4) is 0 Å². The molecule has 0 saturated heterocycles. The van der Waals surface area contributed by atoms with Gasteiger partial charge in [-0.25, -0.2) is 4.79 Å². The van der Waals surface area contributed by atoms with Gasteiger partial charge in [-0.3, -0.25) is 0 Å². The van der Waals surface area contributed by atoms with Crippen LogP contribution in [0.5, 0.6) is 0 Å². The Morgan fingerprint density at radius 3 is 1.85 bits per heavy atom. The van der Waals surface area contributed by atoms with E-state index >= 15 is 0 Å². The molecule has 2 atom stereocenters. The van der Waals surface area contributed by atoms with Crippen molar-refractivity contribution in [1.82, 2.24) is 10.2 Å². The first-order valence-corrected chi connectivity index (χ1v) is 14.5. The molecule has 0 aromatic heterocycles. The minimum absolute atomic E-state index is 0.153. The van der Waals surface area contributed by atoms with Crippen molar-refractivity contribution in [3.05, 3.63) is 0 Å². The molecular formula is C25H53N2O5P. The van der Waals surface area contributed by atoms with E-state index in [0.717, 1.165) is 19.3 Å². The maximum absolute atomic E-state index is 11.8. The maximum atomic E-state index is 11.8. The molecule has 0 radical (unpaired) electrons. The van der Waals surface area contributed by atoms with Crippen molar-refractivity contribution < 1.29 is 23.5 Å². The van der Waals surface area contributed by atoms with Crippen molar-refractivity contribution in [2.75, 3.05) is 40.4 Å². The fraction of sp³-hybridized carbons (Fsp3) is 0.960. The summed E-state index contributed by atoms with van der Waals surface area (Å²) in [6.07, 6.45) is 18.3. The number of likely N-dealkylation sites (N-methyl/N-ethyl adjacent to an activating group) is 1. The predicted molar refractivity (Wildman–Crippen MR) is 138 cm³/mol. The summed E-state index contributed by atoms with van der Waals surface area (Å²) in [6, 6.07) is 0. The quantitative estimate of drug-likeness (QED) is 0.114. The molecule has 0 spiro atoms. The number of ether oxygens (including phenoxy) is 1. The second kappa shape index (κ2) is 24.7. The normalized spacial score (nSPS) is 13.3. The third-order valence-corrected chi connectivity index (χ3v) is 6.36. The van der Waals surface area contributed by atoms with Crippen molar-refractivity contribution in [2.45, 2.75) is 116 Å². The molecule has 2 N–H and O–H groups in total. The van der Waals surface area contributed by atoms with Crippen LogP contribution in [-0.4, -0.2) is 62.4 Å². The van der Waals surface area contributed by atoms with Crippen LogP contribution in [0.2, 0.25) is 0 Å². The lowest BCUT2D eigenvalue weighted by atomic mass is 10.0. The van der Waals surface area contributed by atoms with Gasteiger partial charge in [0.15, 0.2) is 0 Å². The Hall–Kier alpha value is -0.460. The van der Waals surface area contributed by atoms with E-state index in [-0.39, 0.29) is 12.7 Å². The van der Waals surface area contributed by atoms with Crippen molar-refractivity contribution in [3.63, 3.8) is 0 Å². The van der Waals surface area contributed by atoms with E-state index in [1.807, 2.05) is 25.9 Å². The van der Waals surface area contributed by atoms with E-state index in [1.54, 1.807) is 0 Å². The summed E-state index contributed by atoms with van der Waals surface area (Å²) in [5.41, 5.74) is 0. The fourth-order valence-electron chi connectivity index (χ4n) is 3.57. The molecule has 0 fully saturated rings. The molecule has 0 saturated carbocycles. The largest absolute Gasteiger partial charge is 0.444 e. The third-order valence-electron chi connectivity index (χ3n) is 5.59. The van der Waals surface area contributed by atoms with Gasteiger partial charge in [-0.1, -0.05) is 90.4 Å². The van der Waals surface area contributed by atoms with Crippen molar-refractivity contribution in [2.24, 2.45) is 0 Å². The van der Waals surface area contributed by atoms with E-state index in [2.05, 4.69) is 12.2 Å². The van der Waals surface area contributed by atoms with Gasteiger partial charge < -0.3 is 28.9 Å². The van der Waals surface area contributed by atoms with Crippen LogP contribution in [0.15, 0.2) is 0 Å². The van der Waals surface area contributed by atoms with E-state index in [1.165, 1.54) is 77.0 Å². The molecule has 0 aromatic carbocycles. The van der Waals surface area contributed by atoms with Gasteiger partial charge in [-0.15, -0.1) is 0 Å². The summed E-state index contributed by atoms with van der Waals surface area (Å²) >= 11 is 0. The maximum Gasteiger partial charge on any atom is 0.407 e. The standard InChI is InChI=1S/C25H53N2O5P/c1-5-7-8-9-10-11-12-13-14-15-16-17-18-19-20-24(32-25(28)26-6-2)23-31-33(29)30-22-21-27(3)4/h24,29H,5-23H2,1-4H3,(H,26,28). The number of hydrogen-bond acceptors (Lipinski definition) is 6. The molecule has 2 unspecified atom stereocenters. The molecule has 8 heteroatoms. The molecule has 0 heterocycles. The smallest absolute Gasteiger partial charge is 0.407 e. The van der Waals surface area contributed by atoms with Gasteiger partial charge in [0.1, 0.15) is 6.10 Å². The second-order valence-electron chi connectivity index (χ2n) is 9.11. The first-order chi connectivity index (χ1) is 16.0. The van der Waals surface area contributed by atoms with Gasteiger partial charge >= 0.3 is 14.7 Å². The van der Waals surface area contributed by atoms with Gasteiger partial charge in [0.2, 0.25) is 0 Å². The van der Waals surface area contributed by atoms with Crippen LogP contribution in [0.1, 0.15) is 110 Å². The highest BCUT2D eigenvalue weighted by atomic mass is 31.2. The van der Waals surface area contributed by atoms with E-state index < -0.39 is 14.7 Å². The van der Waals surface area contributed by atoms with E-state index in [4.69, 9.17) is 13.8 Å². The van der Waals surface area contributed by atoms with E-state index in [0.29, 0.717) is 19.7 Å². The molecule has 0 aliphatic rings. The molecule has 0 aromatic rings. The lowest BCUT2D eigenvalue weighted by Gasteiger charge is -2.20. The van der Waals surface area contributed by atoms with Gasteiger partial charge in [-0.05, 0) is 33.9 Å². The van der Waals surface area contributed by atoms with Crippen LogP contribution in [0, 0.1) is 0 Å². The highest BCUT2D eigenvalue weighted by Gasteiger charge is 2.17. The Morgan fingerprint density at radius 1 is 0.848 bits per heavy atom. The molecule has 7 nitrogen and oxygen atoms in total. The van der Waals surface area contributed by atoms with Crippen LogP contribution in [0.25, 0.3) is 0 Å². The average Bonchev–Trinajstić information content (AvgIpc) is 2.77. The fourth-order valence-corrected chi connectivity index (χ4v) is 4.17. The number of alkyl carbamates (subject to hydrolysis) is 1. The summed E-state index contributed by atoms with van der Waals surface area (Å²) in [5.74, 6) is 0. The molecule has 0 bridgehead atoms. The zero-order valence-corrected chi connectivity index (χ0v) is 22.9. The topological polar surface area (TPSA) is 80.3 Å². The first-order valence-electron chi connectivity index (χ1n) is 13.3. The Labute approximate surface area is 205 Å². The molecule has 198 valence electrons. The summed E-state index contributed by atoms with van der Waals surface area (Å²) in [6.45, 7) is 5.90. The van der Waals surface area contributed by atoms with Gasteiger partial charge in [0.05, 0.1) is 13.2 Å². The lowest BCUT2D eigenvalue weighted by Crippen LogP contribution is -2.31. The van der Waals surface area contributed by atoms with Crippen LogP contribution in [0.4, 0.5) is 4.79 Å². The Balaban J connectivity index is 3.83. The summed E-state index contributed by atoms with van der Waals surface area (Å²) in [4.78, 5) is 23.7. The number of carbonyl (C=O) groups is 1. The number of nitrogens with one attached hydrogen (secondary N) is 1. The SMILES string of the molecule is CCCCCCCCCCCCCCCCC(COP(O)OCCN(C)C)OC(=O)NCC. The number of unbranched alkanes of at least 4 members (excludes halogenated alkanes) is 13. The molecule has 0 aliphatic heterocycles. The molecular weight excluding hydrogens is 439 g/mol. The third kappa shape index (κ3) is 24.5. The summed E-state index contributed by atoms with van der Waals surface area (Å²) < 4.78 is 16.1. The second-order valence-corrected chi connectivity index (χ2v) is 10.1. The number of carbonyl (C=O) groups excluding carboxylic acids is 1. The highest BCUT2D eigenvalue weighted by molar-refractivity contribution is 7.40. The Morgan fingerprint density at radius 2 is 1.36 bits per heavy atom. The van der Waals surface area contributed by atoms with Crippen molar-refractivity contribution in [1.29, 1.82) is 0 Å². The zero-order valence-electron chi connectivity index (χ0n) is 22.0. The zero-order chi connectivity index (χ0) is 24.6. The summed E-state index contributed by atoms with van der Waals surface area (Å²) in [5, 5.41) is 2.65. The first kappa shape index (κ1) is 32.5. The molecule has 1 amide bonds. The number of hydrogen-bond donors (Lipinski definition) is 2. The Kier molecular flexibility index (Phi) is 24.3. The van der Waals surface area contributed by atoms with Crippen LogP contribution in [-0.2, 0) is 13.8 Å². The van der Waals surface area contributed by atoms with E-state index in [9.17, 15) is 9.69 Å². The molecule has 33 heavy (non-hydrogen) atoms.